The molecule has 16 heavy (non-hydrogen) atoms. The van der Waals surface area contributed by atoms with Crippen molar-refractivity contribution in [3.63, 3.8) is 0 Å². The van der Waals surface area contributed by atoms with E-state index in [2.05, 4.69) is 20.9 Å². The maximum Gasteiger partial charge on any atom is 0.356 e. The molecule has 2 rings (SSSR count). The average molecular weight is 302 g/mol. The Hall–Kier alpha value is -1.27. The molecular formula is C10H5BrFNO2S. The minimum atomic E-state index is -1.12. The molecule has 1 heterocycles. The van der Waals surface area contributed by atoms with Crippen molar-refractivity contribution in [2.24, 2.45) is 0 Å². The molecule has 0 atom stereocenters. The molecule has 0 saturated heterocycles. The van der Waals surface area contributed by atoms with E-state index in [1.54, 1.807) is 0 Å². The maximum absolute atomic E-state index is 13.1. The molecule has 0 fully saturated rings. The molecule has 0 bridgehead atoms. The second-order valence-corrected chi connectivity index (χ2v) is 4.67. The van der Waals surface area contributed by atoms with Crippen molar-refractivity contribution < 1.29 is 14.3 Å². The van der Waals surface area contributed by atoms with Gasteiger partial charge in [-0.1, -0.05) is 15.9 Å². The van der Waals surface area contributed by atoms with E-state index in [0.29, 0.717) is 14.9 Å². The van der Waals surface area contributed by atoms with E-state index < -0.39 is 11.8 Å². The van der Waals surface area contributed by atoms with E-state index >= 15 is 0 Å². The number of carboxylic acids is 1. The van der Waals surface area contributed by atoms with Crippen LogP contribution in [-0.4, -0.2) is 16.1 Å². The molecule has 1 aromatic carbocycles. The van der Waals surface area contributed by atoms with Gasteiger partial charge in [0.1, 0.15) is 5.82 Å². The molecule has 6 heteroatoms. The first-order valence-electron chi connectivity index (χ1n) is 4.22. The number of carbonyl (C=O) groups is 1. The number of carboxylic acid groups (broad SMARTS) is 1. The van der Waals surface area contributed by atoms with E-state index in [-0.39, 0.29) is 5.69 Å². The van der Waals surface area contributed by atoms with E-state index in [0.717, 1.165) is 0 Å². The topological polar surface area (TPSA) is 50.2 Å². The third-order valence-corrected chi connectivity index (χ3v) is 3.49. The zero-order valence-corrected chi connectivity index (χ0v) is 10.2. The number of rotatable bonds is 2. The smallest absolute Gasteiger partial charge is 0.356 e. The lowest BCUT2D eigenvalue weighted by molar-refractivity contribution is 0.0692. The molecule has 0 aliphatic carbocycles. The Morgan fingerprint density at radius 3 is 2.94 bits per heavy atom. The van der Waals surface area contributed by atoms with Gasteiger partial charge in [-0.25, -0.2) is 14.2 Å². The molecular weight excluding hydrogens is 297 g/mol. The first-order valence-corrected chi connectivity index (χ1v) is 5.89. The van der Waals surface area contributed by atoms with Gasteiger partial charge in [-0.15, -0.1) is 11.3 Å². The highest BCUT2D eigenvalue weighted by Crippen LogP contribution is 2.34. The van der Waals surface area contributed by atoms with Crippen LogP contribution >= 0.6 is 27.3 Å². The van der Waals surface area contributed by atoms with Gasteiger partial charge in [0.15, 0.2) is 5.69 Å². The predicted molar refractivity (Wildman–Crippen MR) is 62.2 cm³/mol. The van der Waals surface area contributed by atoms with Crippen molar-refractivity contribution >= 4 is 33.2 Å². The minimum Gasteiger partial charge on any atom is -0.476 e. The van der Waals surface area contributed by atoms with Crippen LogP contribution in [0.4, 0.5) is 4.39 Å². The van der Waals surface area contributed by atoms with Crippen molar-refractivity contribution in [3.8, 4) is 10.4 Å². The van der Waals surface area contributed by atoms with Gasteiger partial charge in [0.2, 0.25) is 0 Å². The summed E-state index contributed by atoms with van der Waals surface area (Å²) < 4.78 is 13.7. The summed E-state index contributed by atoms with van der Waals surface area (Å²) in [5.41, 5.74) is 1.87. The molecule has 3 nitrogen and oxygen atoms in total. The summed E-state index contributed by atoms with van der Waals surface area (Å²) >= 11 is 4.42. The summed E-state index contributed by atoms with van der Waals surface area (Å²) in [6.07, 6.45) is 0. The molecule has 0 aliphatic rings. The minimum absolute atomic E-state index is 0.0590. The number of hydrogen-bond acceptors (Lipinski definition) is 3. The number of hydrogen-bond donors (Lipinski definition) is 1. The summed E-state index contributed by atoms with van der Waals surface area (Å²) in [7, 11) is 0. The zero-order chi connectivity index (χ0) is 11.7. The van der Waals surface area contributed by atoms with Crippen molar-refractivity contribution in [2.75, 3.05) is 0 Å². The Labute approximate surface area is 103 Å². The molecule has 0 saturated carbocycles. The third kappa shape index (κ3) is 1.98. The van der Waals surface area contributed by atoms with Crippen molar-refractivity contribution in [2.45, 2.75) is 0 Å². The van der Waals surface area contributed by atoms with Crippen molar-refractivity contribution in [1.29, 1.82) is 0 Å². The standard InChI is InChI=1S/C10H5BrFNO2S/c11-7-2-1-5(12)3-6(7)9-8(10(14)15)13-4-16-9/h1-4H,(H,14,15). The van der Waals surface area contributed by atoms with Crippen LogP contribution in [0.1, 0.15) is 10.5 Å². The fourth-order valence-corrected chi connectivity index (χ4v) is 2.65. The van der Waals surface area contributed by atoms with Crippen LogP contribution in [0.15, 0.2) is 28.2 Å². The maximum atomic E-state index is 13.1. The number of aromatic nitrogens is 1. The third-order valence-electron chi connectivity index (χ3n) is 1.94. The lowest BCUT2D eigenvalue weighted by Gasteiger charge is -2.02. The number of thiazole rings is 1. The summed E-state index contributed by atoms with van der Waals surface area (Å²) in [6, 6.07) is 4.12. The van der Waals surface area contributed by atoms with E-state index in [4.69, 9.17) is 5.11 Å². The Bertz CT molecular complexity index is 556. The fraction of sp³-hybridized carbons (Fsp3) is 0. The summed E-state index contributed by atoms with van der Waals surface area (Å²) in [5, 5.41) is 8.91. The van der Waals surface area contributed by atoms with Crippen LogP contribution in [0.5, 0.6) is 0 Å². The SMILES string of the molecule is O=C(O)c1ncsc1-c1cc(F)ccc1Br. The number of aromatic carboxylic acids is 1. The number of halogens is 2. The Morgan fingerprint density at radius 2 is 2.25 bits per heavy atom. The van der Waals surface area contributed by atoms with Crippen LogP contribution in [0, 0.1) is 5.82 Å². The van der Waals surface area contributed by atoms with Gasteiger partial charge in [-0.05, 0) is 18.2 Å². The van der Waals surface area contributed by atoms with Gasteiger partial charge in [-0.2, -0.15) is 0 Å². The second-order valence-electron chi connectivity index (χ2n) is 2.96. The highest BCUT2D eigenvalue weighted by Gasteiger charge is 2.17. The molecule has 2 aromatic rings. The number of benzene rings is 1. The summed E-state index contributed by atoms with van der Waals surface area (Å²) in [5.74, 6) is -1.53. The van der Waals surface area contributed by atoms with Crippen molar-refractivity contribution in [1.82, 2.24) is 4.98 Å². The quantitative estimate of drug-likeness (QED) is 0.925. The molecule has 1 aromatic heterocycles. The molecule has 0 amide bonds. The monoisotopic (exact) mass is 301 g/mol. The van der Waals surface area contributed by atoms with Gasteiger partial charge in [-0.3, -0.25) is 0 Å². The first-order chi connectivity index (χ1) is 7.59. The Balaban J connectivity index is 2.62. The van der Waals surface area contributed by atoms with Gasteiger partial charge in [0.05, 0.1) is 10.4 Å². The van der Waals surface area contributed by atoms with E-state index in [1.807, 2.05) is 0 Å². The first kappa shape index (κ1) is 11.2. The normalized spacial score (nSPS) is 10.4. The largest absolute Gasteiger partial charge is 0.476 e. The predicted octanol–water partition coefficient (Wildman–Crippen LogP) is 3.41. The number of nitrogens with zero attached hydrogens (tertiary/aromatic N) is 1. The molecule has 0 aliphatic heterocycles. The van der Waals surface area contributed by atoms with Crippen LogP contribution in [0.3, 0.4) is 0 Å². The van der Waals surface area contributed by atoms with Gasteiger partial charge in [0, 0.05) is 10.0 Å². The molecule has 0 radical (unpaired) electrons. The highest BCUT2D eigenvalue weighted by atomic mass is 79.9. The molecule has 0 unspecified atom stereocenters. The van der Waals surface area contributed by atoms with Crippen LogP contribution in [0.2, 0.25) is 0 Å². The van der Waals surface area contributed by atoms with Gasteiger partial charge >= 0.3 is 5.97 Å². The van der Waals surface area contributed by atoms with Crippen LogP contribution in [-0.2, 0) is 0 Å². The Kier molecular flexibility index (Phi) is 3.02. The summed E-state index contributed by atoms with van der Waals surface area (Å²) in [6.45, 7) is 0. The van der Waals surface area contributed by atoms with E-state index in [1.165, 1.54) is 35.0 Å². The molecule has 1 N–H and O–H groups in total. The molecule has 0 spiro atoms. The van der Waals surface area contributed by atoms with Crippen LogP contribution in [0.25, 0.3) is 10.4 Å². The summed E-state index contributed by atoms with van der Waals surface area (Å²) in [4.78, 5) is 15.1. The van der Waals surface area contributed by atoms with Crippen LogP contribution < -0.4 is 0 Å². The van der Waals surface area contributed by atoms with Crippen molar-refractivity contribution in [3.05, 3.63) is 39.7 Å². The lowest BCUT2D eigenvalue weighted by Crippen LogP contribution is -1.98. The fourth-order valence-electron chi connectivity index (χ4n) is 1.26. The Morgan fingerprint density at radius 1 is 1.50 bits per heavy atom. The van der Waals surface area contributed by atoms with Gasteiger partial charge < -0.3 is 5.11 Å². The zero-order valence-electron chi connectivity index (χ0n) is 7.78. The average Bonchev–Trinajstić information content (AvgIpc) is 2.70. The lowest BCUT2D eigenvalue weighted by atomic mass is 10.1. The van der Waals surface area contributed by atoms with E-state index in [9.17, 15) is 9.18 Å². The highest BCUT2D eigenvalue weighted by molar-refractivity contribution is 9.10. The molecule has 82 valence electrons. The second kappa shape index (κ2) is 4.31. The van der Waals surface area contributed by atoms with Gasteiger partial charge in [0.25, 0.3) is 0 Å².